The first kappa shape index (κ1) is 18.3. The first-order chi connectivity index (χ1) is 14.2. The summed E-state index contributed by atoms with van der Waals surface area (Å²) in [6, 6.07) is 14.0. The Labute approximate surface area is 171 Å². The molecule has 1 aromatic heterocycles. The van der Waals surface area contributed by atoms with Crippen LogP contribution in [0.1, 0.15) is 24.3 Å². The number of hydrogen-bond donors (Lipinski definition) is 0. The van der Waals surface area contributed by atoms with Crippen molar-refractivity contribution < 1.29 is 14.1 Å². The van der Waals surface area contributed by atoms with E-state index in [1.807, 2.05) is 47.3 Å². The number of aromatic nitrogens is 2. The zero-order valence-corrected chi connectivity index (χ0v) is 17.1. The maximum Gasteiger partial charge on any atom is 0.294 e. The van der Waals surface area contributed by atoms with Crippen molar-refractivity contribution in [3.05, 3.63) is 66.1 Å². The minimum atomic E-state index is -0.126. The molecule has 5 rings (SSSR count). The molecule has 1 saturated carbocycles. The summed E-state index contributed by atoms with van der Waals surface area (Å²) in [5.74, 6) is 1.65. The number of rotatable bonds is 7. The summed E-state index contributed by atoms with van der Waals surface area (Å²) >= 11 is 0. The van der Waals surface area contributed by atoms with Crippen molar-refractivity contribution in [3.8, 4) is 5.75 Å². The maximum atomic E-state index is 12.9. The molecule has 2 aliphatic rings. The van der Waals surface area contributed by atoms with E-state index in [1.54, 1.807) is 4.90 Å². The van der Waals surface area contributed by atoms with Gasteiger partial charge in [0.2, 0.25) is 0 Å². The first-order valence-corrected chi connectivity index (χ1v) is 10.3. The molecular formula is C22H22N3O3P. The van der Waals surface area contributed by atoms with Gasteiger partial charge < -0.3 is 14.2 Å². The van der Waals surface area contributed by atoms with Crippen molar-refractivity contribution in [2.75, 3.05) is 18.1 Å². The van der Waals surface area contributed by atoms with E-state index in [1.165, 1.54) is 18.4 Å². The van der Waals surface area contributed by atoms with Crippen LogP contribution in [0.4, 0.5) is 5.69 Å². The Bertz CT molecular complexity index is 1090. The van der Waals surface area contributed by atoms with E-state index in [0.717, 1.165) is 16.6 Å². The van der Waals surface area contributed by atoms with Gasteiger partial charge in [-0.25, -0.2) is 0 Å². The highest BCUT2D eigenvalue weighted by Crippen LogP contribution is 2.40. The zero-order valence-electron chi connectivity index (χ0n) is 16.0. The number of nitrogens with zero attached hydrogens (tertiary/aromatic N) is 3. The molecule has 2 aromatic carbocycles. The van der Waals surface area contributed by atoms with Crippen molar-refractivity contribution >= 4 is 32.0 Å². The van der Waals surface area contributed by atoms with Crippen LogP contribution < -0.4 is 9.64 Å². The van der Waals surface area contributed by atoms with Gasteiger partial charge >= 0.3 is 0 Å². The highest BCUT2D eigenvalue weighted by Gasteiger charge is 2.28. The topological polar surface area (TPSA) is 56.6 Å². The highest BCUT2D eigenvalue weighted by molar-refractivity contribution is 7.09. The summed E-state index contributed by atoms with van der Waals surface area (Å²) in [5, 5.41) is 5.39. The zero-order chi connectivity index (χ0) is 19.8. The van der Waals surface area contributed by atoms with Gasteiger partial charge in [0.15, 0.2) is 5.76 Å². The predicted octanol–water partition coefficient (Wildman–Crippen LogP) is 4.03. The molecule has 1 atom stereocenters. The maximum absolute atomic E-state index is 12.9. The van der Waals surface area contributed by atoms with Gasteiger partial charge in [-0.1, -0.05) is 12.1 Å². The molecule has 1 fully saturated rings. The Morgan fingerprint density at radius 2 is 1.97 bits per heavy atom. The summed E-state index contributed by atoms with van der Waals surface area (Å²) in [7, 11) is 2.25. The Kier molecular flexibility index (Phi) is 4.82. The van der Waals surface area contributed by atoms with Gasteiger partial charge in [-0.3, -0.25) is 9.48 Å². The van der Waals surface area contributed by atoms with Crippen LogP contribution in [0, 0.1) is 0 Å². The number of fused-ring (bicyclic) bond motifs is 1. The Hall–Kier alpha value is -2.69. The lowest BCUT2D eigenvalue weighted by Gasteiger charge is -2.17. The van der Waals surface area contributed by atoms with Gasteiger partial charge in [-0.2, -0.15) is 5.10 Å². The Morgan fingerprint density at radius 3 is 2.72 bits per heavy atom. The van der Waals surface area contributed by atoms with Crippen LogP contribution in [-0.2, 0) is 15.9 Å². The third-order valence-corrected chi connectivity index (χ3v) is 5.67. The van der Waals surface area contributed by atoms with Gasteiger partial charge in [0, 0.05) is 27.1 Å². The number of carbonyl (C=O) groups is 1. The Balaban J connectivity index is 1.29. The lowest BCUT2D eigenvalue weighted by Crippen LogP contribution is -2.27. The van der Waals surface area contributed by atoms with E-state index >= 15 is 0 Å². The average molecular weight is 407 g/mol. The van der Waals surface area contributed by atoms with Crippen LogP contribution in [0.25, 0.3) is 10.9 Å². The first-order valence-electron chi connectivity index (χ1n) is 9.80. The van der Waals surface area contributed by atoms with Crippen LogP contribution >= 0.6 is 9.47 Å². The fourth-order valence-electron chi connectivity index (χ4n) is 3.70. The molecule has 148 valence electrons. The van der Waals surface area contributed by atoms with Crippen LogP contribution in [0.5, 0.6) is 5.75 Å². The molecule has 0 saturated heterocycles. The third-order valence-electron chi connectivity index (χ3n) is 5.43. The molecule has 2 heterocycles. The minimum Gasteiger partial charge on any atom is -0.452 e. The van der Waals surface area contributed by atoms with Crippen molar-refractivity contribution in [1.82, 2.24) is 9.78 Å². The van der Waals surface area contributed by atoms with Crippen molar-refractivity contribution in [3.63, 3.8) is 0 Å². The Morgan fingerprint density at radius 1 is 1.14 bits per heavy atom. The van der Waals surface area contributed by atoms with Gasteiger partial charge in [0.05, 0.1) is 24.9 Å². The number of ether oxygens (including phenoxy) is 1. The molecule has 1 aliphatic heterocycles. The summed E-state index contributed by atoms with van der Waals surface area (Å²) in [6.45, 7) is 1.74. The average Bonchev–Trinajstić information content (AvgIpc) is 3.43. The van der Waals surface area contributed by atoms with Crippen molar-refractivity contribution in [2.45, 2.75) is 25.3 Å². The number of anilines is 1. The third kappa shape index (κ3) is 3.66. The predicted molar refractivity (Wildman–Crippen MR) is 115 cm³/mol. The van der Waals surface area contributed by atoms with Crippen molar-refractivity contribution in [1.29, 1.82) is 0 Å². The highest BCUT2D eigenvalue weighted by atomic mass is 31.0. The molecule has 29 heavy (non-hydrogen) atoms. The fourth-order valence-corrected chi connectivity index (χ4v) is 3.80. The molecule has 0 N–H and O–H groups in total. The summed E-state index contributed by atoms with van der Waals surface area (Å²) in [5.41, 5.74) is 3.20. The molecule has 1 amide bonds. The molecule has 0 spiro atoms. The second-order valence-electron chi connectivity index (χ2n) is 7.41. The van der Waals surface area contributed by atoms with E-state index in [-0.39, 0.29) is 5.91 Å². The minimum absolute atomic E-state index is 0.126. The van der Waals surface area contributed by atoms with Crippen LogP contribution in [0.15, 0.2) is 60.5 Å². The van der Waals surface area contributed by atoms with Gasteiger partial charge in [-0.05, 0) is 60.7 Å². The van der Waals surface area contributed by atoms with E-state index in [9.17, 15) is 4.79 Å². The molecule has 6 nitrogen and oxygen atoms in total. The molecule has 0 bridgehead atoms. The van der Waals surface area contributed by atoms with E-state index in [0.29, 0.717) is 37.1 Å². The largest absolute Gasteiger partial charge is 0.452 e. The standard InChI is InChI=1S/C22H22N3O3P/c26-22-21(28-19-6-3-16(4-7-19)15-1-2-15)9-10-24(22)18-5-8-20-17(13-18)14-23-25(20)11-12-27-29/h3-9,13-15H,1-2,10-12,29H2. The van der Waals surface area contributed by atoms with E-state index in [4.69, 9.17) is 9.26 Å². The number of amides is 1. The quantitative estimate of drug-likeness (QED) is 0.555. The van der Waals surface area contributed by atoms with Crippen LogP contribution in [0.3, 0.4) is 0 Å². The van der Waals surface area contributed by atoms with Crippen LogP contribution in [-0.4, -0.2) is 28.8 Å². The van der Waals surface area contributed by atoms with E-state index < -0.39 is 0 Å². The summed E-state index contributed by atoms with van der Waals surface area (Å²) in [4.78, 5) is 14.6. The molecule has 7 heteroatoms. The number of benzene rings is 2. The second-order valence-corrected chi connectivity index (χ2v) is 7.74. The van der Waals surface area contributed by atoms with Gasteiger partial charge in [0.25, 0.3) is 5.91 Å². The second kappa shape index (κ2) is 7.62. The van der Waals surface area contributed by atoms with Gasteiger partial charge in [0.1, 0.15) is 5.75 Å². The lowest BCUT2D eigenvalue weighted by molar-refractivity contribution is -0.116. The van der Waals surface area contributed by atoms with Gasteiger partial charge in [-0.15, -0.1) is 0 Å². The van der Waals surface area contributed by atoms with Crippen molar-refractivity contribution in [2.24, 2.45) is 0 Å². The number of carbonyl (C=O) groups excluding carboxylic acids is 1. The smallest absolute Gasteiger partial charge is 0.294 e. The molecular weight excluding hydrogens is 385 g/mol. The summed E-state index contributed by atoms with van der Waals surface area (Å²) < 4.78 is 12.8. The van der Waals surface area contributed by atoms with Crippen LogP contribution in [0.2, 0.25) is 0 Å². The molecule has 1 unspecified atom stereocenters. The number of hydrogen-bond acceptors (Lipinski definition) is 4. The molecule has 3 aromatic rings. The molecule has 0 radical (unpaired) electrons. The monoisotopic (exact) mass is 407 g/mol. The normalized spacial score (nSPS) is 16.5. The SMILES string of the molecule is O=C1C(Oc2ccc(C3CC3)cc2)=CCN1c1ccc2c(cnn2CCOP)c1. The fraction of sp³-hybridized carbons (Fsp3) is 0.273. The summed E-state index contributed by atoms with van der Waals surface area (Å²) in [6.07, 6.45) is 6.19. The lowest BCUT2D eigenvalue weighted by atomic mass is 10.1. The molecule has 1 aliphatic carbocycles. The van der Waals surface area contributed by atoms with E-state index in [2.05, 4.69) is 26.7 Å².